The molecule has 0 saturated carbocycles. The molecular formula is C14H21NO2S. The molecule has 0 unspecified atom stereocenters. The van der Waals surface area contributed by atoms with Gasteiger partial charge in [-0.25, -0.2) is 8.42 Å². The average molecular weight is 267 g/mol. The van der Waals surface area contributed by atoms with Crippen LogP contribution in [0.5, 0.6) is 0 Å². The van der Waals surface area contributed by atoms with E-state index in [1.54, 1.807) is 12.1 Å². The Balaban J connectivity index is 3.12. The van der Waals surface area contributed by atoms with E-state index in [0.717, 1.165) is 5.56 Å². The van der Waals surface area contributed by atoms with Crippen LogP contribution < -0.4 is 0 Å². The number of hydrogen-bond acceptors (Lipinski definition) is 2. The quantitative estimate of drug-likeness (QED) is 0.769. The van der Waals surface area contributed by atoms with E-state index in [0.29, 0.717) is 11.4 Å². The van der Waals surface area contributed by atoms with Crippen LogP contribution >= 0.6 is 0 Å². The summed E-state index contributed by atoms with van der Waals surface area (Å²) in [4.78, 5) is 0.353. The highest BCUT2D eigenvalue weighted by Gasteiger charge is 2.25. The molecule has 100 valence electrons. The van der Waals surface area contributed by atoms with E-state index in [1.807, 2.05) is 52.0 Å². The van der Waals surface area contributed by atoms with Crippen LogP contribution in [0.3, 0.4) is 0 Å². The molecule has 0 aliphatic carbocycles. The first-order valence-corrected chi connectivity index (χ1v) is 7.53. The summed E-state index contributed by atoms with van der Waals surface area (Å²) in [7, 11) is -3.41. The predicted octanol–water partition coefficient (Wildman–Crippen LogP) is 2.97. The maximum atomic E-state index is 12.5. The zero-order chi connectivity index (χ0) is 13.8. The third kappa shape index (κ3) is 3.43. The molecule has 0 aromatic heterocycles. The Hall–Kier alpha value is -1.13. The lowest BCUT2D eigenvalue weighted by Gasteiger charge is -2.24. The Kier molecular flexibility index (Phi) is 5.11. The minimum Gasteiger partial charge on any atom is -0.207 e. The average Bonchev–Trinajstić information content (AvgIpc) is 2.29. The summed E-state index contributed by atoms with van der Waals surface area (Å²) in [5.74, 6) is 0. The standard InChI is InChI=1S/C14H21NO2S/c1-5-6-11-15(12(2)3)18(16,17)14-9-7-13(4)8-10-14/h5-10,12H,11H2,1-4H3/b6-5-. The van der Waals surface area contributed by atoms with Crippen LogP contribution in [0.1, 0.15) is 26.3 Å². The summed E-state index contributed by atoms with van der Waals surface area (Å²) in [5.41, 5.74) is 1.05. The Morgan fingerprint density at radius 3 is 2.22 bits per heavy atom. The van der Waals surface area contributed by atoms with Gasteiger partial charge in [0.15, 0.2) is 0 Å². The third-order valence-electron chi connectivity index (χ3n) is 2.72. The van der Waals surface area contributed by atoms with Crippen LogP contribution in [0.25, 0.3) is 0 Å². The topological polar surface area (TPSA) is 37.4 Å². The molecule has 0 aliphatic rings. The molecule has 0 fully saturated rings. The van der Waals surface area contributed by atoms with Gasteiger partial charge in [0.25, 0.3) is 0 Å². The SMILES string of the molecule is C/C=C\CN(C(C)C)S(=O)(=O)c1ccc(C)cc1. The lowest BCUT2D eigenvalue weighted by molar-refractivity contribution is 0.382. The third-order valence-corrected chi connectivity index (χ3v) is 4.78. The Bertz CT molecular complexity index is 501. The number of allylic oxidation sites excluding steroid dienone is 1. The second-order valence-corrected chi connectivity index (χ2v) is 6.44. The highest BCUT2D eigenvalue weighted by Crippen LogP contribution is 2.18. The highest BCUT2D eigenvalue weighted by atomic mass is 32.2. The predicted molar refractivity (Wildman–Crippen MR) is 75.0 cm³/mol. The summed E-state index contributed by atoms with van der Waals surface area (Å²) >= 11 is 0. The van der Waals surface area contributed by atoms with E-state index >= 15 is 0 Å². The minimum absolute atomic E-state index is 0.0625. The zero-order valence-electron chi connectivity index (χ0n) is 11.4. The Labute approximate surface area is 110 Å². The van der Waals surface area contributed by atoms with Gasteiger partial charge in [-0.1, -0.05) is 29.8 Å². The van der Waals surface area contributed by atoms with Gasteiger partial charge in [-0.05, 0) is 39.8 Å². The van der Waals surface area contributed by atoms with Crippen LogP contribution in [0.2, 0.25) is 0 Å². The molecule has 0 atom stereocenters. The summed E-state index contributed by atoms with van der Waals surface area (Å²) in [6, 6.07) is 6.90. The van der Waals surface area contributed by atoms with Gasteiger partial charge in [-0.3, -0.25) is 0 Å². The van der Waals surface area contributed by atoms with Crippen molar-refractivity contribution in [1.82, 2.24) is 4.31 Å². The molecule has 1 aromatic rings. The number of hydrogen-bond donors (Lipinski definition) is 0. The number of sulfonamides is 1. The Morgan fingerprint density at radius 1 is 1.22 bits per heavy atom. The van der Waals surface area contributed by atoms with Crippen molar-refractivity contribution in [2.45, 2.75) is 38.6 Å². The van der Waals surface area contributed by atoms with E-state index in [9.17, 15) is 8.42 Å². The Morgan fingerprint density at radius 2 is 1.78 bits per heavy atom. The molecule has 0 bridgehead atoms. The molecule has 4 heteroatoms. The maximum absolute atomic E-state index is 12.5. The number of nitrogens with zero attached hydrogens (tertiary/aromatic N) is 1. The molecule has 0 aliphatic heterocycles. The first-order valence-electron chi connectivity index (χ1n) is 6.09. The monoisotopic (exact) mass is 267 g/mol. The molecule has 0 spiro atoms. The van der Waals surface area contributed by atoms with Crippen molar-refractivity contribution in [3.8, 4) is 0 Å². The van der Waals surface area contributed by atoms with Gasteiger partial charge < -0.3 is 0 Å². The van der Waals surface area contributed by atoms with Crippen LogP contribution in [-0.4, -0.2) is 25.3 Å². The molecule has 0 N–H and O–H groups in total. The molecular weight excluding hydrogens is 246 g/mol. The fourth-order valence-corrected chi connectivity index (χ4v) is 3.23. The van der Waals surface area contributed by atoms with Gasteiger partial charge in [0, 0.05) is 12.6 Å². The summed E-state index contributed by atoms with van der Waals surface area (Å²) < 4.78 is 26.5. The van der Waals surface area contributed by atoms with Gasteiger partial charge in [-0.2, -0.15) is 4.31 Å². The second kappa shape index (κ2) is 6.16. The molecule has 1 rings (SSSR count). The molecule has 0 heterocycles. The van der Waals surface area contributed by atoms with Crippen LogP contribution in [0.15, 0.2) is 41.3 Å². The van der Waals surface area contributed by atoms with Gasteiger partial charge in [-0.15, -0.1) is 0 Å². The largest absolute Gasteiger partial charge is 0.243 e. The van der Waals surface area contributed by atoms with Crippen molar-refractivity contribution in [2.24, 2.45) is 0 Å². The van der Waals surface area contributed by atoms with Crippen LogP contribution in [0.4, 0.5) is 0 Å². The van der Waals surface area contributed by atoms with Gasteiger partial charge >= 0.3 is 0 Å². The molecule has 0 radical (unpaired) electrons. The summed E-state index contributed by atoms with van der Waals surface area (Å²) in [5, 5.41) is 0. The molecule has 0 amide bonds. The first-order chi connectivity index (χ1) is 8.39. The van der Waals surface area contributed by atoms with Gasteiger partial charge in [0.1, 0.15) is 0 Å². The molecule has 18 heavy (non-hydrogen) atoms. The second-order valence-electron chi connectivity index (χ2n) is 4.55. The normalized spacial score (nSPS) is 12.8. The van der Waals surface area contributed by atoms with E-state index in [2.05, 4.69) is 0 Å². The van der Waals surface area contributed by atoms with Gasteiger partial charge in [0.05, 0.1) is 4.90 Å². The highest BCUT2D eigenvalue weighted by molar-refractivity contribution is 7.89. The van der Waals surface area contributed by atoms with Crippen molar-refractivity contribution < 1.29 is 8.42 Å². The number of aryl methyl sites for hydroxylation is 1. The minimum atomic E-state index is -3.41. The maximum Gasteiger partial charge on any atom is 0.243 e. The van der Waals surface area contributed by atoms with E-state index in [1.165, 1.54) is 4.31 Å². The summed E-state index contributed by atoms with van der Waals surface area (Å²) in [6.07, 6.45) is 3.71. The summed E-state index contributed by atoms with van der Waals surface area (Å²) in [6.45, 7) is 8.00. The lowest BCUT2D eigenvalue weighted by atomic mass is 10.2. The fourth-order valence-electron chi connectivity index (χ4n) is 1.64. The zero-order valence-corrected chi connectivity index (χ0v) is 12.2. The van der Waals surface area contributed by atoms with E-state index in [-0.39, 0.29) is 6.04 Å². The molecule has 0 saturated heterocycles. The van der Waals surface area contributed by atoms with Crippen molar-refractivity contribution in [2.75, 3.05) is 6.54 Å². The van der Waals surface area contributed by atoms with E-state index < -0.39 is 10.0 Å². The van der Waals surface area contributed by atoms with Crippen molar-refractivity contribution in [3.63, 3.8) is 0 Å². The van der Waals surface area contributed by atoms with Gasteiger partial charge in [0.2, 0.25) is 10.0 Å². The number of benzene rings is 1. The van der Waals surface area contributed by atoms with Crippen molar-refractivity contribution in [3.05, 3.63) is 42.0 Å². The van der Waals surface area contributed by atoms with Crippen molar-refractivity contribution in [1.29, 1.82) is 0 Å². The molecule has 3 nitrogen and oxygen atoms in total. The van der Waals surface area contributed by atoms with Crippen LogP contribution in [-0.2, 0) is 10.0 Å². The smallest absolute Gasteiger partial charge is 0.207 e. The fraction of sp³-hybridized carbons (Fsp3) is 0.429. The number of rotatable bonds is 5. The first kappa shape index (κ1) is 14.9. The lowest BCUT2D eigenvalue weighted by Crippen LogP contribution is -2.37. The van der Waals surface area contributed by atoms with Crippen molar-refractivity contribution >= 4 is 10.0 Å². The van der Waals surface area contributed by atoms with Crippen LogP contribution in [0, 0.1) is 6.92 Å². The molecule has 1 aromatic carbocycles. The van der Waals surface area contributed by atoms with E-state index in [4.69, 9.17) is 0 Å².